The van der Waals surface area contributed by atoms with E-state index in [4.69, 9.17) is 5.73 Å². The first kappa shape index (κ1) is 14.4. The van der Waals surface area contributed by atoms with Crippen LogP contribution in [0.4, 0.5) is 13.2 Å². The summed E-state index contributed by atoms with van der Waals surface area (Å²) >= 11 is 4.79. The normalized spacial score (nSPS) is 13.3. The second-order valence-electron chi connectivity index (χ2n) is 3.73. The second-order valence-corrected chi connectivity index (χ2v) is 5.53. The number of benzene rings is 1. The van der Waals surface area contributed by atoms with Crippen molar-refractivity contribution in [3.05, 3.63) is 50.6 Å². The zero-order chi connectivity index (χ0) is 14.0. The van der Waals surface area contributed by atoms with Crippen molar-refractivity contribution in [2.75, 3.05) is 0 Å². The van der Waals surface area contributed by atoms with Crippen molar-refractivity contribution in [3.8, 4) is 5.75 Å². The van der Waals surface area contributed by atoms with Crippen molar-refractivity contribution in [3.63, 3.8) is 0 Å². The lowest BCUT2D eigenvalue weighted by molar-refractivity contribution is -0.274. The van der Waals surface area contributed by atoms with Gasteiger partial charge < -0.3 is 10.5 Å². The van der Waals surface area contributed by atoms with Crippen molar-refractivity contribution in [1.82, 2.24) is 0 Å². The zero-order valence-electron chi connectivity index (χ0n) is 9.45. The maximum Gasteiger partial charge on any atom is 0.573 e. The van der Waals surface area contributed by atoms with E-state index in [0.29, 0.717) is 5.56 Å². The van der Waals surface area contributed by atoms with E-state index in [-0.39, 0.29) is 5.75 Å². The molecule has 0 saturated carbocycles. The molecule has 0 aliphatic heterocycles. The molecule has 0 spiro atoms. The summed E-state index contributed by atoms with van der Waals surface area (Å²) in [6, 6.07) is 7.04. The summed E-state index contributed by atoms with van der Waals surface area (Å²) in [5, 5.41) is 1.86. The van der Waals surface area contributed by atoms with E-state index >= 15 is 0 Å². The molecule has 1 atom stereocenters. The highest BCUT2D eigenvalue weighted by Crippen LogP contribution is 2.33. The monoisotopic (exact) mass is 351 g/mol. The number of alkyl halides is 3. The van der Waals surface area contributed by atoms with Gasteiger partial charge >= 0.3 is 6.36 Å². The molecule has 2 rings (SSSR count). The molecular weight excluding hydrogens is 343 g/mol. The number of nitrogens with two attached hydrogens (primary N) is 1. The Kier molecular flexibility index (Phi) is 4.17. The first-order valence-corrected chi connectivity index (χ1v) is 6.88. The van der Waals surface area contributed by atoms with Crippen LogP contribution in [-0.2, 0) is 0 Å². The van der Waals surface area contributed by atoms with Gasteiger partial charge in [-0.25, -0.2) is 0 Å². The Hall–Kier alpha value is -1.05. The average Bonchev–Trinajstić information content (AvgIpc) is 2.72. The Balaban J connectivity index is 2.26. The highest BCUT2D eigenvalue weighted by Gasteiger charge is 2.31. The molecule has 0 saturated heterocycles. The molecule has 2 nitrogen and oxygen atoms in total. The van der Waals surface area contributed by atoms with Gasteiger partial charge in [0.2, 0.25) is 0 Å². The van der Waals surface area contributed by atoms with Crippen LogP contribution in [0.3, 0.4) is 0 Å². The first-order chi connectivity index (χ1) is 8.87. The molecule has 2 aromatic rings. The third kappa shape index (κ3) is 3.71. The fourth-order valence-corrected chi connectivity index (χ4v) is 3.23. The van der Waals surface area contributed by atoms with Crippen LogP contribution in [0.2, 0.25) is 0 Å². The lowest BCUT2D eigenvalue weighted by atomic mass is 10.1. The predicted molar refractivity (Wildman–Crippen MR) is 71.2 cm³/mol. The topological polar surface area (TPSA) is 35.2 Å². The number of thiophene rings is 1. The van der Waals surface area contributed by atoms with E-state index < -0.39 is 12.4 Å². The van der Waals surface area contributed by atoms with Gasteiger partial charge in [-0.1, -0.05) is 12.1 Å². The largest absolute Gasteiger partial charge is 0.573 e. The Morgan fingerprint density at radius 2 is 2.00 bits per heavy atom. The predicted octanol–water partition coefficient (Wildman–Crippen LogP) is 4.46. The molecule has 1 aromatic heterocycles. The molecule has 0 aliphatic carbocycles. The molecule has 2 N–H and O–H groups in total. The van der Waals surface area contributed by atoms with Crippen LogP contribution in [0.25, 0.3) is 0 Å². The van der Waals surface area contributed by atoms with Gasteiger partial charge in [0.25, 0.3) is 0 Å². The molecule has 7 heteroatoms. The Morgan fingerprint density at radius 1 is 1.26 bits per heavy atom. The van der Waals surface area contributed by atoms with Gasteiger partial charge in [-0.15, -0.1) is 24.5 Å². The number of hydrogen-bond donors (Lipinski definition) is 1. The molecule has 0 aliphatic rings. The molecule has 0 radical (unpaired) electrons. The van der Waals surface area contributed by atoms with Gasteiger partial charge in [0.15, 0.2) is 0 Å². The first-order valence-electron chi connectivity index (χ1n) is 5.21. The summed E-state index contributed by atoms with van der Waals surface area (Å²) in [5.74, 6) is -0.270. The van der Waals surface area contributed by atoms with Crippen LogP contribution in [-0.4, -0.2) is 6.36 Å². The second kappa shape index (κ2) is 5.52. The van der Waals surface area contributed by atoms with Crippen LogP contribution < -0.4 is 10.5 Å². The summed E-state index contributed by atoms with van der Waals surface area (Å²) in [6.07, 6.45) is -4.70. The molecule has 1 heterocycles. The van der Waals surface area contributed by atoms with E-state index in [1.54, 1.807) is 6.07 Å². The smallest absolute Gasteiger partial charge is 0.406 e. The fourth-order valence-electron chi connectivity index (χ4n) is 1.58. The minimum atomic E-state index is -4.70. The maximum atomic E-state index is 12.2. The average molecular weight is 352 g/mol. The molecule has 0 amide bonds. The number of halogens is 4. The summed E-state index contributed by atoms with van der Waals surface area (Å²) in [7, 11) is 0. The van der Waals surface area contributed by atoms with Gasteiger partial charge in [-0.05, 0) is 45.1 Å². The Morgan fingerprint density at radius 3 is 2.58 bits per heavy atom. The molecule has 1 aromatic carbocycles. The van der Waals surface area contributed by atoms with Crippen LogP contribution in [0.1, 0.15) is 16.5 Å². The highest BCUT2D eigenvalue weighted by molar-refractivity contribution is 9.10. The fraction of sp³-hybridized carbons (Fsp3) is 0.167. The maximum absolute atomic E-state index is 12.2. The standard InChI is InChI=1S/C12H9BrF3NOS/c13-9-4-5-19-11(9)10(17)7-2-1-3-8(6-7)18-12(14,15)16/h1-6,10H,17H2. The Labute approximate surface area is 120 Å². The molecule has 19 heavy (non-hydrogen) atoms. The van der Waals surface area contributed by atoms with Crippen molar-refractivity contribution in [1.29, 1.82) is 0 Å². The number of hydrogen-bond acceptors (Lipinski definition) is 3. The van der Waals surface area contributed by atoms with E-state index in [0.717, 1.165) is 9.35 Å². The van der Waals surface area contributed by atoms with Crippen molar-refractivity contribution in [2.45, 2.75) is 12.4 Å². The van der Waals surface area contributed by atoms with Crippen LogP contribution >= 0.6 is 27.3 Å². The number of rotatable bonds is 3. The summed E-state index contributed by atoms with van der Waals surface area (Å²) in [5.41, 5.74) is 6.60. The van der Waals surface area contributed by atoms with Crippen molar-refractivity contribution >= 4 is 27.3 Å². The molecule has 102 valence electrons. The molecular formula is C12H9BrF3NOS. The van der Waals surface area contributed by atoms with Gasteiger partial charge in [-0.3, -0.25) is 0 Å². The van der Waals surface area contributed by atoms with Crippen molar-refractivity contribution in [2.24, 2.45) is 5.73 Å². The summed E-state index contributed by atoms with van der Waals surface area (Å²) < 4.78 is 41.2. The SMILES string of the molecule is NC(c1cccc(OC(F)(F)F)c1)c1sccc1Br. The molecule has 0 bridgehead atoms. The third-order valence-corrected chi connectivity index (χ3v) is 4.33. The van der Waals surface area contributed by atoms with E-state index in [2.05, 4.69) is 20.7 Å². The van der Waals surface area contributed by atoms with E-state index in [9.17, 15) is 13.2 Å². The zero-order valence-corrected chi connectivity index (χ0v) is 11.8. The molecule has 1 unspecified atom stereocenters. The lowest BCUT2D eigenvalue weighted by Crippen LogP contribution is -2.17. The summed E-state index contributed by atoms with van der Waals surface area (Å²) in [4.78, 5) is 0.851. The highest BCUT2D eigenvalue weighted by atomic mass is 79.9. The van der Waals surface area contributed by atoms with Crippen LogP contribution in [0.15, 0.2) is 40.2 Å². The van der Waals surface area contributed by atoms with Crippen LogP contribution in [0.5, 0.6) is 5.75 Å². The van der Waals surface area contributed by atoms with E-state index in [1.807, 2.05) is 11.4 Å². The summed E-state index contributed by atoms with van der Waals surface area (Å²) in [6.45, 7) is 0. The van der Waals surface area contributed by atoms with Gasteiger partial charge in [0.05, 0.1) is 6.04 Å². The molecule has 0 fully saturated rings. The minimum Gasteiger partial charge on any atom is -0.406 e. The van der Waals surface area contributed by atoms with E-state index in [1.165, 1.54) is 29.5 Å². The third-order valence-electron chi connectivity index (χ3n) is 2.38. The quantitative estimate of drug-likeness (QED) is 0.885. The van der Waals surface area contributed by atoms with Gasteiger partial charge in [0, 0.05) is 9.35 Å². The lowest BCUT2D eigenvalue weighted by Gasteiger charge is -2.14. The minimum absolute atomic E-state index is 0.270. The van der Waals surface area contributed by atoms with Gasteiger partial charge in [0.1, 0.15) is 5.75 Å². The van der Waals surface area contributed by atoms with Crippen LogP contribution in [0, 0.1) is 0 Å². The Bertz CT molecular complexity index is 570. The van der Waals surface area contributed by atoms with Gasteiger partial charge in [-0.2, -0.15) is 0 Å². The van der Waals surface area contributed by atoms with Crippen molar-refractivity contribution < 1.29 is 17.9 Å². The number of ether oxygens (including phenoxy) is 1.